The van der Waals surface area contributed by atoms with Gasteiger partial charge < -0.3 is 0 Å². The summed E-state index contributed by atoms with van der Waals surface area (Å²) in [6.07, 6.45) is 5.01. The van der Waals surface area contributed by atoms with Gasteiger partial charge in [-0.2, -0.15) is 0 Å². The van der Waals surface area contributed by atoms with Crippen molar-refractivity contribution in [1.82, 2.24) is 0 Å². The smallest absolute Gasteiger partial charge is 0.0679 e. The average Bonchev–Trinajstić information content (AvgIpc) is 3.56. The lowest BCUT2D eigenvalue weighted by atomic mass is 9.93. The van der Waals surface area contributed by atoms with Crippen molar-refractivity contribution in [3.05, 3.63) is 155 Å². The second-order valence-electron chi connectivity index (χ2n) is 13.1. The van der Waals surface area contributed by atoms with Crippen LogP contribution in [0.5, 0.6) is 0 Å². The van der Waals surface area contributed by atoms with E-state index in [2.05, 4.69) is 160 Å². The number of allylic oxidation sites excluding steroid dienone is 2. The molecule has 0 aromatic heterocycles. The predicted molar refractivity (Wildman–Crippen MR) is 189 cm³/mol. The first kappa shape index (κ1) is 26.2. The van der Waals surface area contributed by atoms with Crippen LogP contribution in [0.2, 0.25) is 13.1 Å². The topological polar surface area (TPSA) is 0 Å². The Bertz CT molecular complexity index is 1980. The zero-order valence-corrected chi connectivity index (χ0v) is 26.4. The van der Waals surface area contributed by atoms with Gasteiger partial charge in [0.05, 0.1) is 8.07 Å². The van der Waals surface area contributed by atoms with Gasteiger partial charge in [0.25, 0.3) is 0 Å². The van der Waals surface area contributed by atoms with Crippen molar-refractivity contribution in [3.63, 3.8) is 0 Å². The van der Waals surface area contributed by atoms with Gasteiger partial charge in [-0.25, -0.2) is 0 Å². The fourth-order valence-corrected chi connectivity index (χ4v) is 13.6. The van der Waals surface area contributed by atoms with Crippen molar-refractivity contribution in [3.8, 4) is 22.3 Å². The number of fused-ring (bicyclic) bond motifs is 4. The van der Waals surface area contributed by atoms with Crippen molar-refractivity contribution in [2.75, 3.05) is 0 Å². The highest BCUT2D eigenvalue weighted by Crippen LogP contribution is 2.54. The van der Waals surface area contributed by atoms with Crippen LogP contribution in [0.25, 0.3) is 56.0 Å². The molecule has 208 valence electrons. The summed E-state index contributed by atoms with van der Waals surface area (Å²) in [7, 11) is -1.96. The van der Waals surface area contributed by atoms with E-state index >= 15 is 0 Å². The standard InChI is InChI=1S/C42H36Si/c1-27-25-39-35(33-19-9-15-29-13-5-7-17-31(29)33)21-11-23-37(39)41(27)43(3,4)42-28(2)26-40-36(22-12-24-38(40)42)34-20-10-16-30-14-6-8-18-32(30)34/h5-26,41-42H,1-4H3/t41-,42-/m1/s1. The van der Waals surface area contributed by atoms with E-state index in [1.165, 1.54) is 77.2 Å². The molecule has 0 heterocycles. The quantitative estimate of drug-likeness (QED) is 0.186. The number of hydrogen-bond donors (Lipinski definition) is 0. The molecular weight excluding hydrogens is 533 g/mol. The van der Waals surface area contributed by atoms with Gasteiger partial charge in [0.15, 0.2) is 0 Å². The van der Waals surface area contributed by atoms with Gasteiger partial charge in [0.1, 0.15) is 0 Å². The molecule has 8 rings (SSSR count). The molecule has 6 aromatic rings. The Morgan fingerprint density at radius 1 is 0.419 bits per heavy atom. The molecule has 0 spiro atoms. The van der Waals surface area contributed by atoms with Crippen LogP contribution in [-0.4, -0.2) is 8.07 Å². The third-order valence-corrected chi connectivity index (χ3v) is 14.7. The van der Waals surface area contributed by atoms with Crippen molar-refractivity contribution >= 4 is 41.8 Å². The number of rotatable bonds is 4. The minimum atomic E-state index is -1.96. The van der Waals surface area contributed by atoms with Crippen LogP contribution in [0.3, 0.4) is 0 Å². The van der Waals surface area contributed by atoms with E-state index in [-0.39, 0.29) is 0 Å². The molecule has 1 heteroatoms. The van der Waals surface area contributed by atoms with Crippen LogP contribution < -0.4 is 0 Å². The van der Waals surface area contributed by atoms with Gasteiger partial charge in [0.2, 0.25) is 0 Å². The van der Waals surface area contributed by atoms with E-state index in [4.69, 9.17) is 0 Å². The lowest BCUT2D eigenvalue weighted by molar-refractivity contribution is 0.969. The molecular formula is C42H36Si. The summed E-state index contributed by atoms with van der Waals surface area (Å²) in [6.45, 7) is 10.0. The number of hydrogen-bond acceptors (Lipinski definition) is 0. The monoisotopic (exact) mass is 568 g/mol. The maximum atomic E-state index is 2.64. The maximum absolute atomic E-state index is 2.64. The summed E-state index contributed by atoms with van der Waals surface area (Å²) in [6, 6.07) is 45.1. The SMILES string of the molecule is CC1=Cc2c(-c3cccc4ccccc34)cccc2[C@@H]1[Si](C)(C)[C@@H]1C(C)=Cc2c(-c3cccc4ccccc34)cccc21. The Morgan fingerprint density at radius 2 is 0.791 bits per heavy atom. The molecule has 0 nitrogen and oxygen atoms in total. The molecule has 0 radical (unpaired) electrons. The van der Waals surface area contributed by atoms with E-state index in [9.17, 15) is 0 Å². The summed E-state index contributed by atoms with van der Waals surface area (Å²) in [5, 5.41) is 5.25. The Balaban J connectivity index is 1.25. The summed E-state index contributed by atoms with van der Waals surface area (Å²) in [4.78, 5) is 0. The molecule has 0 unspecified atom stereocenters. The minimum Gasteiger partial charge on any atom is -0.0679 e. The first-order valence-electron chi connectivity index (χ1n) is 15.5. The van der Waals surface area contributed by atoms with Gasteiger partial charge >= 0.3 is 0 Å². The molecule has 0 bridgehead atoms. The predicted octanol–water partition coefficient (Wildman–Crippen LogP) is 11.8. The van der Waals surface area contributed by atoms with Crippen LogP contribution in [0.15, 0.2) is 132 Å². The van der Waals surface area contributed by atoms with Gasteiger partial charge in [0, 0.05) is 11.1 Å². The molecule has 0 N–H and O–H groups in total. The van der Waals surface area contributed by atoms with Crippen molar-refractivity contribution in [2.24, 2.45) is 0 Å². The first-order chi connectivity index (χ1) is 20.9. The molecule has 0 saturated carbocycles. The highest BCUT2D eigenvalue weighted by atomic mass is 28.3. The minimum absolute atomic E-state index is 0.470. The van der Waals surface area contributed by atoms with Gasteiger partial charge in [-0.15, -0.1) is 0 Å². The average molecular weight is 569 g/mol. The molecule has 0 amide bonds. The summed E-state index contributed by atoms with van der Waals surface area (Å²) >= 11 is 0. The van der Waals surface area contributed by atoms with Crippen LogP contribution in [0.1, 0.15) is 47.2 Å². The van der Waals surface area contributed by atoms with E-state index in [1.54, 1.807) is 0 Å². The maximum Gasteiger partial charge on any atom is 0.0722 e. The van der Waals surface area contributed by atoms with Crippen LogP contribution in [-0.2, 0) is 0 Å². The third kappa shape index (κ3) is 3.95. The Labute approximate surface area is 256 Å². The lowest BCUT2D eigenvalue weighted by Gasteiger charge is -2.39. The van der Waals surface area contributed by atoms with Gasteiger partial charge in [-0.3, -0.25) is 0 Å². The van der Waals surface area contributed by atoms with Crippen LogP contribution >= 0.6 is 0 Å². The summed E-state index contributed by atoms with van der Waals surface area (Å²) in [5.41, 5.74) is 15.3. The second-order valence-corrected chi connectivity index (χ2v) is 17.9. The highest BCUT2D eigenvalue weighted by molar-refractivity contribution is 6.81. The molecule has 2 atom stereocenters. The molecule has 2 aliphatic carbocycles. The Morgan fingerprint density at radius 3 is 1.26 bits per heavy atom. The molecule has 6 aromatic carbocycles. The fraction of sp³-hybridized carbons (Fsp3) is 0.143. The lowest BCUT2D eigenvalue weighted by Crippen LogP contribution is -2.42. The van der Waals surface area contributed by atoms with E-state index in [1.807, 2.05) is 0 Å². The van der Waals surface area contributed by atoms with Crippen molar-refractivity contribution in [1.29, 1.82) is 0 Å². The molecule has 0 fully saturated rings. The van der Waals surface area contributed by atoms with Gasteiger partial charge in [-0.05, 0) is 79.9 Å². The number of benzene rings is 6. The van der Waals surface area contributed by atoms with E-state index in [0.29, 0.717) is 11.1 Å². The van der Waals surface area contributed by atoms with Crippen molar-refractivity contribution < 1.29 is 0 Å². The molecule has 2 aliphatic rings. The largest absolute Gasteiger partial charge is 0.0722 e. The van der Waals surface area contributed by atoms with Crippen molar-refractivity contribution in [2.45, 2.75) is 38.0 Å². The molecule has 0 saturated heterocycles. The summed E-state index contributed by atoms with van der Waals surface area (Å²) in [5.74, 6) is 0. The Kier molecular flexibility index (Phi) is 5.96. The van der Waals surface area contributed by atoms with E-state index in [0.717, 1.165) is 0 Å². The molecule has 43 heavy (non-hydrogen) atoms. The zero-order chi connectivity index (χ0) is 29.3. The van der Waals surface area contributed by atoms with Gasteiger partial charge in [-0.1, -0.05) is 158 Å². The second kappa shape index (κ2) is 9.79. The Hall–Kier alpha value is -4.46. The fourth-order valence-electron chi connectivity index (χ4n) is 8.64. The van der Waals surface area contributed by atoms with Crippen LogP contribution in [0, 0.1) is 0 Å². The van der Waals surface area contributed by atoms with E-state index < -0.39 is 8.07 Å². The zero-order valence-electron chi connectivity index (χ0n) is 25.4. The third-order valence-electron chi connectivity index (χ3n) is 10.2. The molecule has 0 aliphatic heterocycles. The highest BCUT2D eigenvalue weighted by Gasteiger charge is 2.47. The van der Waals surface area contributed by atoms with Crippen LogP contribution in [0.4, 0.5) is 0 Å². The summed E-state index contributed by atoms with van der Waals surface area (Å²) < 4.78 is 0. The first-order valence-corrected chi connectivity index (χ1v) is 18.7. The normalized spacial score (nSPS) is 17.6.